The molecular weight excluding hydrogens is 388 g/mol. The smallest absolute Gasteiger partial charge is 0.231 e. The number of ketones is 1. The van der Waals surface area contributed by atoms with E-state index in [1.165, 1.54) is 11.8 Å². The number of hydrogen-bond donors (Lipinski definition) is 0. The number of aromatic nitrogens is 3. The molecule has 1 amide bonds. The molecule has 1 aliphatic rings. The van der Waals surface area contributed by atoms with Crippen molar-refractivity contribution in [3.63, 3.8) is 0 Å². The van der Waals surface area contributed by atoms with E-state index < -0.39 is 0 Å². The standard InChI is InChI=1S/C21H20N4O3S/c1-24-16-9-8-13(10-14(16)11-19(24)27)17(26)12-29-21-23-22-20(25(21)2)15-6-4-5-7-18(15)28-3/h4-10H,11-12H2,1-3H3. The number of hydrogen-bond acceptors (Lipinski definition) is 6. The van der Waals surface area contributed by atoms with E-state index >= 15 is 0 Å². The Morgan fingerprint density at radius 3 is 2.76 bits per heavy atom. The lowest BCUT2D eigenvalue weighted by Crippen LogP contribution is -2.20. The van der Waals surface area contributed by atoms with Crippen LogP contribution in [0.2, 0.25) is 0 Å². The highest BCUT2D eigenvalue weighted by Crippen LogP contribution is 2.31. The molecule has 1 aromatic heterocycles. The van der Waals surface area contributed by atoms with Crippen LogP contribution in [0.3, 0.4) is 0 Å². The van der Waals surface area contributed by atoms with Crippen LogP contribution < -0.4 is 9.64 Å². The predicted octanol–water partition coefficient (Wildman–Crippen LogP) is 2.98. The highest BCUT2D eigenvalue weighted by atomic mass is 32.2. The Morgan fingerprint density at radius 2 is 1.97 bits per heavy atom. The van der Waals surface area contributed by atoms with Crippen LogP contribution in [-0.4, -0.2) is 46.4 Å². The number of carbonyl (C=O) groups excluding carboxylic acids is 2. The summed E-state index contributed by atoms with van der Waals surface area (Å²) < 4.78 is 7.26. The molecule has 0 bridgehead atoms. The fourth-order valence-electron chi connectivity index (χ4n) is 3.36. The first kappa shape index (κ1) is 19.2. The molecule has 0 saturated heterocycles. The molecule has 0 radical (unpaired) electrons. The molecule has 29 heavy (non-hydrogen) atoms. The van der Waals surface area contributed by atoms with Gasteiger partial charge in [-0.1, -0.05) is 23.9 Å². The minimum Gasteiger partial charge on any atom is -0.496 e. The third-order valence-corrected chi connectivity index (χ3v) is 6.01. The number of benzene rings is 2. The summed E-state index contributed by atoms with van der Waals surface area (Å²) >= 11 is 1.33. The summed E-state index contributed by atoms with van der Waals surface area (Å²) in [5.74, 6) is 1.66. The number of anilines is 1. The van der Waals surface area contributed by atoms with Gasteiger partial charge in [-0.05, 0) is 35.9 Å². The number of amides is 1. The topological polar surface area (TPSA) is 77.3 Å². The summed E-state index contributed by atoms with van der Waals surface area (Å²) in [6.45, 7) is 0. The maximum Gasteiger partial charge on any atom is 0.231 e. The van der Waals surface area contributed by atoms with Crippen LogP contribution in [0.5, 0.6) is 5.75 Å². The summed E-state index contributed by atoms with van der Waals surface area (Å²) in [7, 11) is 5.23. The Kier molecular flexibility index (Phi) is 5.10. The number of methoxy groups -OCH3 is 1. The van der Waals surface area contributed by atoms with Crippen molar-refractivity contribution >= 4 is 29.1 Å². The fourth-order valence-corrected chi connectivity index (χ4v) is 4.17. The molecule has 2 aromatic carbocycles. The van der Waals surface area contributed by atoms with Crippen LogP contribution in [0.1, 0.15) is 15.9 Å². The molecule has 0 aliphatic carbocycles. The fraction of sp³-hybridized carbons (Fsp3) is 0.238. The molecule has 2 heterocycles. The number of ether oxygens (including phenoxy) is 1. The lowest BCUT2D eigenvalue weighted by Gasteiger charge is -2.10. The SMILES string of the molecule is COc1ccccc1-c1nnc(SCC(=O)c2ccc3c(c2)CC(=O)N3C)n1C. The number of likely N-dealkylation sites (N-methyl/N-ethyl adjacent to an activating group) is 1. The number of fused-ring (bicyclic) bond motifs is 1. The van der Waals surface area contributed by atoms with E-state index in [1.54, 1.807) is 25.1 Å². The zero-order chi connectivity index (χ0) is 20.5. The van der Waals surface area contributed by atoms with Crippen molar-refractivity contribution in [2.75, 3.05) is 24.8 Å². The van der Waals surface area contributed by atoms with Crippen molar-refractivity contribution < 1.29 is 14.3 Å². The van der Waals surface area contributed by atoms with Gasteiger partial charge in [-0.25, -0.2) is 0 Å². The predicted molar refractivity (Wildman–Crippen MR) is 112 cm³/mol. The quantitative estimate of drug-likeness (QED) is 0.461. The van der Waals surface area contributed by atoms with E-state index in [9.17, 15) is 9.59 Å². The van der Waals surface area contributed by atoms with Crippen LogP contribution in [0.4, 0.5) is 5.69 Å². The van der Waals surface area contributed by atoms with Gasteiger partial charge < -0.3 is 14.2 Å². The van der Waals surface area contributed by atoms with Gasteiger partial charge in [0, 0.05) is 25.3 Å². The second-order valence-corrected chi connectivity index (χ2v) is 7.69. The highest BCUT2D eigenvalue weighted by Gasteiger charge is 2.25. The average Bonchev–Trinajstić information content (AvgIpc) is 3.24. The van der Waals surface area contributed by atoms with Crippen molar-refractivity contribution in [1.29, 1.82) is 0 Å². The molecule has 3 aromatic rings. The first-order chi connectivity index (χ1) is 14.0. The van der Waals surface area contributed by atoms with Gasteiger partial charge >= 0.3 is 0 Å². The molecule has 0 atom stereocenters. The van der Waals surface area contributed by atoms with E-state index in [1.807, 2.05) is 48.0 Å². The molecule has 0 N–H and O–H groups in total. The van der Waals surface area contributed by atoms with Crippen LogP contribution in [0.15, 0.2) is 47.6 Å². The molecular formula is C21H20N4O3S. The maximum atomic E-state index is 12.7. The molecule has 7 nitrogen and oxygen atoms in total. The molecule has 0 saturated carbocycles. The largest absolute Gasteiger partial charge is 0.496 e. The Morgan fingerprint density at radius 1 is 1.17 bits per heavy atom. The second kappa shape index (κ2) is 7.71. The summed E-state index contributed by atoms with van der Waals surface area (Å²) in [4.78, 5) is 26.1. The summed E-state index contributed by atoms with van der Waals surface area (Å²) in [6.07, 6.45) is 0.339. The molecule has 4 rings (SSSR count). The van der Waals surface area contributed by atoms with Gasteiger partial charge in [0.15, 0.2) is 16.8 Å². The van der Waals surface area contributed by atoms with Gasteiger partial charge in [0.05, 0.1) is 24.8 Å². The van der Waals surface area contributed by atoms with Crippen molar-refractivity contribution in [3.05, 3.63) is 53.6 Å². The second-order valence-electron chi connectivity index (χ2n) is 6.75. The van der Waals surface area contributed by atoms with Crippen molar-refractivity contribution in [2.24, 2.45) is 7.05 Å². The van der Waals surface area contributed by atoms with Crippen LogP contribution in [0, 0.1) is 0 Å². The molecule has 8 heteroatoms. The Bertz CT molecular complexity index is 1110. The van der Waals surface area contributed by atoms with E-state index in [4.69, 9.17) is 4.74 Å². The van der Waals surface area contributed by atoms with Crippen molar-refractivity contribution in [1.82, 2.24) is 14.8 Å². The lowest BCUT2D eigenvalue weighted by atomic mass is 10.1. The third-order valence-electron chi connectivity index (χ3n) is 4.99. The minimum absolute atomic E-state index is 0.0124. The number of para-hydroxylation sites is 1. The van der Waals surface area contributed by atoms with Crippen LogP contribution in [-0.2, 0) is 18.3 Å². The van der Waals surface area contributed by atoms with Gasteiger partial charge in [-0.15, -0.1) is 10.2 Å². The van der Waals surface area contributed by atoms with Crippen molar-refractivity contribution in [2.45, 2.75) is 11.6 Å². The molecule has 0 fully saturated rings. The van der Waals surface area contributed by atoms with Crippen LogP contribution in [0.25, 0.3) is 11.4 Å². The monoisotopic (exact) mass is 408 g/mol. The van der Waals surface area contributed by atoms with E-state index in [0.717, 1.165) is 16.8 Å². The van der Waals surface area contributed by atoms with Gasteiger partial charge in [0.2, 0.25) is 5.91 Å². The Hall–Kier alpha value is -3.13. The molecule has 148 valence electrons. The number of Topliss-reactive ketones (excluding diaryl/α,β-unsaturated/α-hetero) is 1. The number of carbonyl (C=O) groups is 2. The van der Waals surface area contributed by atoms with Crippen molar-refractivity contribution in [3.8, 4) is 17.1 Å². The number of nitrogens with zero attached hydrogens (tertiary/aromatic N) is 4. The lowest BCUT2D eigenvalue weighted by molar-refractivity contribution is -0.117. The molecule has 1 aliphatic heterocycles. The minimum atomic E-state index is -0.0124. The Balaban J connectivity index is 1.49. The van der Waals surface area contributed by atoms with Gasteiger partial charge in [-0.2, -0.15) is 0 Å². The van der Waals surface area contributed by atoms with Gasteiger partial charge in [-0.3, -0.25) is 9.59 Å². The van der Waals surface area contributed by atoms with E-state index in [2.05, 4.69) is 10.2 Å². The Labute approximate surface area is 172 Å². The summed E-state index contributed by atoms with van der Waals surface area (Å²) in [6, 6.07) is 13.0. The molecule has 0 spiro atoms. The number of rotatable bonds is 6. The number of thioether (sulfide) groups is 1. The van der Waals surface area contributed by atoms with Gasteiger partial charge in [0.1, 0.15) is 5.75 Å². The molecule has 0 unspecified atom stereocenters. The normalized spacial score (nSPS) is 12.9. The van der Waals surface area contributed by atoms with Gasteiger partial charge in [0.25, 0.3) is 0 Å². The third kappa shape index (κ3) is 3.51. The zero-order valence-electron chi connectivity index (χ0n) is 16.4. The summed E-state index contributed by atoms with van der Waals surface area (Å²) in [5.41, 5.74) is 3.21. The average molecular weight is 408 g/mol. The summed E-state index contributed by atoms with van der Waals surface area (Å²) in [5, 5.41) is 9.14. The maximum absolute atomic E-state index is 12.7. The highest BCUT2D eigenvalue weighted by molar-refractivity contribution is 7.99. The van der Waals surface area contributed by atoms with Crippen LogP contribution >= 0.6 is 11.8 Å². The first-order valence-corrected chi connectivity index (χ1v) is 10.1. The van der Waals surface area contributed by atoms with E-state index in [0.29, 0.717) is 28.7 Å². The first-order valence-electron chi connectivity index (χ1n) is 9.08. The van der Waals surface area contributed by atoms with E-state index in [-0.39, 0.29) is 17.4 Å². The zero-order valence-corrected chi connectivity index (χ0v) is 17.2.